The van der Waals surface area contributed by atoms with Gasteiger partial charge in [0, 0.05) is 26.1 Å². The van der Waals surface area contributed by atoms with E-state index in [2.05, 4.69) is 25.7 Å². The van der Waals surface area contributed by atoms with Crippen LogP contribution in [0.4, 0.5) is 8.78 Å². The van der Waals surface area contributed by atoms with E-state index in [9.17, 15) is 13.9 Å². The van der Waals surface area contributed by atoms with Crippen LogP contribution in [-0.2, 0) is 6.42 Å². The standard InChI is InChI=1S/C22H33F2NO3/c1-21(2,3)11-15-12-25-7-6-14-8-20(28-13-22(4,23)24)19(27-5)9-16(14)17(25)10-18(15)26/h8-9,15,17-18,26H,6-7,10-13H2,1-5H3/t15-,17-,18-/m0/s1. The van der Waals surface area contributed by atoms with Crippen molar-refractivity contribution >= 4 is 0 Å². The van der Waals surface area contributed by atoms with Crippen molar-refractivity contribution in [3.63, 3.8) is 0 Å². The summed E-state index contributed by atoms with van der Waals surface area (Å²) in [5, 5.41) is 10.8. The second-order valence-corrected chi connectivity index (χ2v) is 9.65. The quantitative estimate of drug-likeness (QED) is 0.797. The summed E-state index contributed by atoms with van der Waals surface area (Å²) < 4.78 is 37.2. The molecule has 6 heteroatoms. The van der Waals surface area contributed by atoms with Gasteiger partial charge in [-0.1, -0.05) is 20.8 Å². The summed E-state index contributed by atoms with van der Waals surface area (Å²) in [7, 11) is 1.52. The third kappa shape index (κ3) is 4.95. The number of aliphatic hydroxyl groups is 1. The maximum Gasteiger partial charge on any atom is 0.278 e. The molecular formula is C22H33F2NO3. The first-order valence-electron chi connectivity index (χ1n) is 10.1. The van der Waals surface area contributed by atoms with Crippen LogP contribution < -0.4 is 9.47 Å². The molecule has 3 atom stereocenters. The van der Waals surface area contributed by atoms with Crippen LogP contribution in [0, 0.1) is 11.3 Å². The monoisotopic (exact) mass is 397 g/mol. The van der Waals surface area contributed by atoms with Crippen LogP contribution in [0.3, 0.4) is 0 Å². The summed E-state index contributed by atoms with van der Waals surface area (Å²) in [6, 6.07) is 3.88. The van der Waals surface area contributed by atoms with Crippen molar-refractivity contribution < 1.29 is 23.4 Å². The minimum atomic E-state index is -2.90. The summed E-state index contributed by atoms with van der Waals surface area (Å²) in [6.07, 6.45) is 2.18. The van der Waals surface area contributed by atoms with Crippen LogP contribution >= 0.6 is 0 Å². The molecule has 0 saturated carbocycles. The zero-order valence-electron chi connectivity index (χ0n) is 17.6. The van der Waals surface area contributed by atoms with Crippen LogP contribution in [0.5, 0.6) is 11.5 Å². The van der Waals surface area contributed by atoms with Gasteiger partial charge in [-0.15, -0.1) is 0 Å². The molecule has 1 N–H and O–H groups in total. The number of piperidine rings is 1. The van der Waals surface area contributed by atoms with Crippen molar-refractivity contribution in [2.45, 2.75) is 65.0 Å². The van der Waals surface area contributed by atoms with Crippen LogP contribution in [-0.4, -0.2) is 48.8 Å². The molecule has 0 bridgehead atoms. The van der Waals surface area contributed by atoms with Gasteiger partial charge in [0.2, 0.25) is 0 Å². The summed E-state index contributed by atoms with van der Waals surface area (Å²) >= 11 is 0. The molecule has 28 heavy (non-hydrogen) atoms. The maximum absolute atomic E-state index is 13.2. The Kier molecular flexibility index (Phi) is 5.93. The molecule has 1 fully saturated rings. The average molecular weight is 398 g/mol. The predicted octanol–water partition coefficient (Wildman–Crippen LogP) is 4.45. The van der Waals surface area contributed by atoms with Crippen molar-refractivity contribution in [2.75, 3.05) is 26.8 Å². The molecule has 0 amide bonds. The topological polar surface area (TPSA) is 41.9 Å². The molecule has 2 aliphatic heterocycles. The first-order chi connectivity index (χ1) is 13.0. The third-order valence-corrected chi connectivity index (χ3v) is 5.73. The number of hydrogen-bond acceptors (Lipinski definition) is 4. The van der Waals surface area contributed by atoms with Gasteiger partial charge in [0.1, 0.15) is 0 Å². The van der Waals surface area contributed by atoms with E-state index in [1.807, 2.05) is 12.1 Å². The molecule has 1 saturated heterocycles. The van der Waals surface area contributed by atoms with Gasteiger partial charge in [0.15, 0.2) is 18.1 Å². The predicted molar refractivity (Wildman–Crippen MR) is 105 cm³/mol. The molecule has 0 radical (unpaired) electrons. The van der Waals surface area contributed by atoms with Gasteiger partial charge in [-0.05, 0) is 53.9 Å². The largest absolute Gasteiger partial charge is 0.493 e. The normalized spacial score (nSPS) is 25.8. The fourth-order valence-electron chi connectivity index (χ4n) is 4.56. The van der Waals surface area contributed by atoms with Crippen LogP contribution in [0.25, 0.3) is 0 Å². The lowest BCUT2D eigenvalue weighted by molar-refractivity contribution is -0.0269. The van der Waals surface area contributed by atoms with Crippen LogP contribution in [0.15, 0.2) is 12.1 Å². The Morgan fingerprint density at radius 1 is 1.18 bits per heavy atom. The van der Waals surface area contributed by atoms with Gasteiger partial charge in [-0.25, -0.2) is 8.78 Å². The molecule has 2 aliphatic rings. The lowest BCUT2D eigenvalue weighted by Gasteiger charge is -2.47. The van der Waals surface area contributed by atoms with Crippen molar-refractivity contribution in [3.8, 4) is 11.5 Å². The Morgan fingerprint density at radius 2 is 1.89 bits per heavy atom. The summed E-state index contributed by atoms with van der Waals surface area (Å²) in [4.78, 5) is 2.45. The Labute approximate surface area is 166 Å². The number of fused-ring (bicyclic) bond motifs is 3. The zero-order chi connectivity index (χ0) is 20.7. The van der Waals surface area contributed by atoms with E-state index < -0.39 is 12.5 Å². The minimum absolute atomic E-state index is 0.130. The van der Waals surface area contributed by atoms with Crippen molar-refractivity contribution in [3.05, 3.63) is 23.3 Å². The molecule has 0 unspecified atom stereocenters. The number of rotatable bonds is 5. The van der Waals surface area contributed by atoms with Crippen molar-refractivity contribution in [1.82, 2.24) is 4.90 Å². The van der Waals surface area contributed by atoms with E-state index in [-0.39, 0.29) is 23.5 Å². The highest BCUT2D eigenvalue weighted by atomic mass is 19.3. The SMILES string of the molecule is COc1cc2c(cc1OCC(C)(F)F)CCN1C[C@H](CC(C)(C)C)[C@@H](O)C[C@@H]21. The lowest BCUT2D eigenvalue weighted by atomic mass is 9.75. The van der Waals surface area contributed by atoms with E-state index in [1.54, 1.807) is 0 Å². The highest BCUT2D eigenvalue weighted by molar-refractivity contribution is 5.49. The van der Waals surface area contributed by atoms with Crippen molar-refractivity contribution in [2.24, 2.45) is 11.3 Å². The third-order valence-electron chi connectivity index (χ3n) is 5.73. The van der Waals surface area contributed by atoms with E-state index in [0.29, 0.717) is 17.9 Å². The molecule has 3 rings (SSSR count). The zero-order valence-corrected chi connectivity index (χ0v) is 17.6. The molecule has 4 nitrogen and oxygen atoms in total. The number of ether oxygens (including phenoxy) is 2. The van der Waals surface area contributed by atoms with E-state index in [0.717, 1.165) is 44.0 Å². The number of methoxy groups -OCH3 is 1. The number of benzene rings is 1. The number of halogens is 2. The highest BCUT2D eigenvalue weighted by Crippen LogP contribution is 2.44. The Morgan fingerprint density at radius 3 is 2.50 bits per heavy atom. The fraction of sp³-hybridized carbons (Fsp3) is 0.727. The number of aliphatic hydroxyl groups excluding tert-OH is 1. The van der Waals surface area contributed by atoms with Gasteiger partial charge >= 0.3 is 0 Å². The molecule has 158 valence electrons. The van der Waals surface area contributed by atoms with Gasteiger partial charge in [-0.2, -0.15) is 0 Å². The molecule has 0 spiro atoms. The molecule has 1 aromatic carbocycles. The van der Waals surface area contributed by atoms with E-state index in [1.165, 1.54) is 7.11 Å². The van der Waals surface area contributed by atoms with Gasteiger partial charge < -0.3 is 14.6 Å². The lowest BCUT2D eigenvalue weighted by Crippen LogP contribution is -2.48. The summed E-state index contributed by atoms with van der Waals surface area (Å²) in [5.41, 5.74) is 2.40. The molecule has 2 heterocycles. The smallest absolute Gasteiger partial charge is 0.278 e. The van der Waals surface area contributed by atoms with Gasteiger partial charge in [0.05, 0.1) is 13.2 Å². The Hall–Kier alpha value is -1.40. The fourth-order valence-corrected chi connectivity index (χ4v) is 4.56. The summed E-state index contributed by atoms with van der Waals surface area (Å²) in [6.45, 7) is 8.58. The number of hydrogen-bond donors (Lipinski definition) is 1. The second-order valence-electron chi connectivity index (χ2n) is 9.65. The van der Waals surface area contributed by atoms with Gasteiger partial charge in [-0.3, -0.25) is 4.90 Å². The number of alkyl halides is 2. The highest BCUT2D eigenvalue weighted by Gasteiger charge is 2.40. The van der Waals surface area contributed by atoms with Crippen LogP contribution in [0.1, 0.15) is 57.7 Å². The van der Waals surface area contributed by atoms with E-state index in [4.69, 9.17) is 9.47 Å². The first kappa shape index (κ1) is 21.3. The summed E-state index contributed by atoms with van der Waals surface area (Å²) in [5.74, 6) is -1.80. The van der Waals surface area contributed by atoms with Crippen molar-refractivity contribution in [1.29, 1.82) is 0 Å². The second kappa shape index (κ2) is 7.79. The minimum Gasteiger partial charge on any atom is -0.493 e. The maximum atomic E-state index is 13.2. The van der Waals surface area contributed by atoms with E-state index >= 15 is 0 Å². The molecule has 1 aromatic rings. The molecular weight excluding hydrogens is 364 g/mol. The molecule has 0 aliphatic carbocycles. The Balaban J connectivity index is 1.82. The molecule has 0 aromatic heterocycles. The Bertz CT molecular complexity index is 696. The first-order valence-corrected chi connectivity index (χ1v) is 10.1. The van der Waals surface area contributed by atoms with Crippen LogP contribution in [0.2, 0.25) is 0 Å². The average Bonchev–Trinajstić information content (AvgIpc) is 2.58. The number of nitrogens with zero attached hydrogens (tertiary/aromatic N) is 1. The van der Waals surface area contributed by atoms with Gasteiger partial charge in [0.25, 0.3) is 5.92 Å².